The first-order valence-corrected chi connectivity index (χ1v) is 8.22. The molecule has 0 saturated heterocycles. The molecule has 2 heterocycles. The van der Waals surface area contributed by atoms with E-state index in [9.17, 15) is 4.79 Å². The second kappa shape index (κ2) is 7.96. The molecule has 0 aliphatic heterocycles. The predicted molar refractivity (Wildman–Crippen MR) is 100 cm³/mol. The SMILES string of the molecule is O=C(Nc1ccc(Cl)c(Cl)c1)c1ccnc(NCc2ccncc2)c1. The summed E-state index contributed by atoms with van der Waals surface area (Å²) in [5.74, 6) is 0.353. The Balaban J connectivity index is 1.67. The third-order valence-electron chi connectivity index (χ3n) is 3.42. The van der Waals surface area contributed by atoms with Crippen molar-refractivity contribution in [2.24, 2.45) is 0 Å². The van der Waals surface area contributed by atoms with Crippen LogP contribution in [0.15, 0.2) is 61.1 Å². The van der Waals surface area contributed by atoms with E-state index in [1.54, 1.807) is 48.9 Å². The summed E-state index contributed by atoms with van der Waals surface area (Å²) < 4.78 is 0. The fourth-order valence-electron chi connectivity index (χ4n) is 2.14. The molecule has 0 atom stereocenters. The van der Waals surface area contributed by atoms with Gasteiger partial charge in [-0.15, -0.1) is 0 Å². The molecule has 0 spiro atoms. The van der Waals surface area contributed by atoms with E-state index in [2.05, 4.69) is 20.6 Å². The minimum atomic E-state index is -0.257. The number of carbonyl (C=O) groups excluding carboxylic acids is 1. The maximum absolute atomic E-state index is 12.4. The summed E-state index contributed by atoms with van der Waals surface area (Å²) in [4.78, 5) is 20.6. The molecule has 0 unspecified atom stereocenters. The Morgan fingerprint density at radius 2 is 1.76 bits per heavy atom. The van der Waals surface area contributed by atoms with E-state index in [0.717, 1.165) is 5.56 Å². The quantitative estimate of drug-likeness (QED) is 0.683. The average molecular weight is 373 g/mol. The van der Waals surface area contributed by atoms with E-state index in [0.29, 0.717) is 33.7 Å². The largest absolute Gasteiger partial charge is 0.366 e. The zero-order valence-electron chi connectivity index (χ0n) is 13.0. The number of nitrogens with one attached hydrogen (secondary N) is 2. The summed E-state index contributed by atoms with van der Waals surface area (Å²) in [6.07, 6.45) is 5.04. The molecule has 0 saturated carbocycles. The predicted octanol–water partition coefficient (Wildman–Crippen LogP) is 4.65. The van der Waals surface area contributed by atoms with Crippen molar-refractivity contribution in [1.29, 1.82) is 0 Å². The van der Waals surface area contributed by atoms with Crippen molar-refractivity contribution in [1.82, 2.24) is 9.97 Å². The van der Waals surface area contributed by atoms with Crippen molar-refractivity contribution in [3.05, 3.63) is 82.2 Å². The topological polar surface area (TPSA) is 66.9 Å². The molecule has 0 aliphatic rings. The molecule has 1 amide bonds. The number of amides is 1. The Kier molecular flexibility index (Phi) is 5.48. The first-order valence-electron chi connectivity index (χ1n) is 7.47. The minimum absolute atomic E-state index is 0.257. The molecule has 2 N–H and O–H groups in total. The summed E-state index contributed by atoms with van der Waals surface area (Å²) in [5, 5.41) is 6.78. The summed E-state index contributed by atoms with van der Waals surface area (Å²) >= 11 is 11.8. The Labute approximate surface area is 155 Å². The first-order chi connectivity index (χ1) is 12.1. The lowest BCUT2D eigenvalue weighted by Crippen LogP contribution is -2.12. The van der Waals surface area contributed by atoms with Crippen LogP contribution >= 0.6 is 23.2 Å². The van der Waals surface area contributed by atoms with Crippen molar-refractivity contribution in [2.75, 3.05) is 10.6 Å². The lowest BCUT2D eigenvalue weighted by Gasteiger charge is -2.09. The molecular weight excluding hydrogens is 359 g/mol. The number of carbonyl (C=O) groups is 1. The van der Waals surface area contributed by atoms with Gasteiger partial charge in [0.1, 0.15) is 5.82 Å². The number of hydrogen-bond donors (Lipinski definition) is 2. The maximum Gasteiger partial charge on any atom is 0.255 e. The van der Waals surface area contributed by atoms with Gasteiger partial charge in [0.2, 0.25) is 0 Å². The average Bonchev–Trinajstić information content (AvgIpc) is 2.64. The normalized spacial score (nSPS) is 10.3. The molecular formula is C18H14Cl2N4O. The van der Waals surface area contributed by atoms with Gasteiger partial charge in [0.15, 0.2) is 0 Å². The Bertz CT molecular complexity index is 887. The van der Waals surface area contributed by atoms with Gasteiger partial charge in [-0.25, -0.2) is 4.98 Å². The van der Waals surface area contributed by atoms with Crippen LogP contribution in [0.3, 0.4) is 0 Å². The van der Waals surface area contributed by atoms with Crippen molar-refractivity contribution in [2.45, 2.75) is 6.54 Å². The Hall–Kier alpha value is -2.63. The van der Waals surface area contributed by atoms with Crippen LogP contribution in [0.4, 0.5) is 11.5 Å². The van der Waals surface area contributed by atoms with E-state index in [1.807, 2.05) is 12.1 Å². The lowest BCUT2D eigenvalue weighted by atomic mass is 10.2. The van der Waals surface area contributed by atoms with Crippen molar-refractivity contribution >= 4 is 40.6 Å². The highest BCUT2D eigenvalue weighted by molar-refractivity contribution is 6.42. The minimum Gasteiger partial charge on any atom is -0.366 e. The zero-order chi connectivity index (χ0) is 17.6. The summed E-state index contributed by atoms with van der Waals surface area (Å²) in [6, 6.07) is 12.1. The zero-order valence-corrected chi connectivity index (χ0v) is 14.6. The molecule has 7 heteroatoms. The van der Waals surface area contributed by atoms with Crippen molar-refractivity contribution in [3.63, 3.8) is 0 Å². The smallest absolute Gasteiger partial charge is 0.255 e. The van der Waals surface area contributed by atoms with Gasteiger partial charge >= 0.3 is 0 Å². The first kappa shape index (κ1) is 17.2. The highest BCUT2D eigenvalue weighted by Gasteiger charge is 2.09. The van der Waals surface area contributed by atoms with E-state index in [-0.39, 0.29) is 5.91 Å². The van der Waals surface area contributed by atoms with Gasteiger partial charge < -0.3 is 10.6 Å². The van der Waals surface area contributed by atoms with Crippen LogP contribution in [0.1, 0.15) is 15.9 Å². The van der Waals surface area contributed by atoms with Crippen LogP contribution in [-0.4, -0.2) is 15.9 Å². The number of benzene rings is 1. The second-order valence-electron chi connectivity index (χ2n) is 5.22. The van der Waals surface area contributed by atoms with Crippen LogP contribution in [0.5, 0.6) is 0 Å². The monoisotopic (exact) mass is 372 g/mol. The number of halogens is 2. The fourth-order valence-corrected chi connectivity index (χ4v) is 2.44. The molecule has 25 heavy (non-hydrogen) atoms. The molecule has 2 aromatic heterocycles. The van der Waals surface area contributed by atoms with Gasteiger partial charge in [0.05, 0.1) is 10.0 Å². The summed E-state index contributed by atoms with van der Waals surface area (Å²) in [6.45, 7) is 0.591. The van der Waals surface area contributed by atoms with Crippen LogP contribution in [0.25, 0.3) is 0 Å². The summed E-state index contributed by atoms with van der Waals surface area (Å²) in [5.41, 5.74) is 2.13. The Morgan fingerprint density at radius 3 is 2.52 bits per heavy atom. The van der Waals surface area contributed by atoms with Crippen LogP contribution in [0, 0.1) is 0 Å². The number of aromatic nitrogens is 2. The number of rotatable bonds is 5. The lowest BCUT2D eigenvalue weighted by molar-refractivity contribution is 0.102. The van der Waals surface area contributed by atoms with E-state index < -0.39 is 0 Å². The van der Waals surface area contributed by atoms with Crippen molar-refractivity contribution < 1.29 is 4.79 Å². The molecule has 0 aliphatic carbocycles. The second-order valence-corrected chi connectivity index (χ2v) is 6.04. The molecule has 1 aromatic carbocycles. The fraction of sp³-hybridized carbons (Fsp3) is 0.0556. The molecule has 0 fully saturated rings. The van der Waals surface area contributed by atoms with Gasteiger partial charge in [-0.05, 0) is 48.0 Å². The number of pyridine rings is 2. The molecule has 3 rings (SSSR count). The van der Waals surface area contributed by atoms with E-state index in [4.69, 9.17) is 23.2 Å². The molecule has 0 radical (unpaired) electrons. The van der Waals surface area contributed by atoms with Gasteiger partial charge in [-0.3, -0.25) is 9.78 Å². The molecule has 126 valence electrons. The van der Waals surface area contributed by atoms with Gasteiger partial charge in [-0.2, -0.15) is 0 Å². The third kappa shape index (κ3) is 4.68. The van der Waals surface area contributed by atoms with E-state index in [1.165, 1.54) is 0 Å². The summed E-state index contributed by atoms with van der Waals surface area (Å²) in [7, 11) is 0. The number of anilines is 2. The van der Waals surface area contributed by atoms with Gasteiger partial charge in [0, 0.05) is 36.4 Å². The standard InChI is InChI=1S/C18H14Cl2N4O/c19-15-2-1-14(10-16(15)20)24-18(25)13-5-8-22-17(9-13)23-11-12-3-6-21-7-4-12/h1-10H,11H2,(H,22,23)(H,24,25). The molecule has 0 bridgehead atoms. The van der Waals surface area contributed by atoms with Crippen molar-refractivity contribution in [3.8, 4) is 0 Å². The Morgan fingerprint density at radius 1 is 0.960 bits per heavy atom. The van der Waals surface area contributed by atoms with Gasteiger partial charge in [0.25, 0.3) is 5.91 Å². The highest BCUT2D eigenvalue weighted by Crippen LogP contribution is 2.25. The van der Waals surface area contributed by atoms with Crippen LogP contribution in [-0.2, 0) is 6.54 Å². The van der Waals surface area contributed by atoms with Crippen LogP contribution in [0.2, 0.25) is 10.0 Å². The highest BCUT2D eigenvalue weighted by atomic mass is 35.5. The maximum atomic E-state index is 12.4. The van der Waals surface area contributed by atoms with Crippen LogP contribution < -0.4 is 10.6 Å². The number of hydrogen-bond acceptors (Lipinski definition) is 4. The number of nitrogens with zero attached hydrogens (tertiary/aromatic N) is 2. The van der Waals surface area contributed by atoms with Gasteiger partial charge in [-0.1, -0.05) is 23.2 Å². The molecule has 3 aromatic rings. The third-order valence-corrected chi connectivity index (χ3v) is 4.16. The molecule has 5 nitrogen and oxygen atoms in total. The van der Waals surface area contributed by atoms with E-state index >= 15 is 0 Å².